The minimum Gasteiger partial charge on any atom is -0.379 e. The summed E-state index contributed by atoms with van der Waals surface area (Å²) in [5.74, 6) is 0. The number of aromatic nitrogens is 2. The van der Waals surface area contributed by atoms with Gasteiger partial charge < -0.3 is 5.32 Å². The van der Waals surface area contributed by atoms with Crippen molar-refractivity contribution >= 4 is 11.4 Å². The van der Waals surface area contributed by atoms with E-state index in [4.69, 9.17) is 0 Å². The van der Waals surface area contributed by atoms with E-state index in [0.717, 1.165) is 16.9 Å². The fraction of sp³-hybridized carbons (Fsp3) is 0.167. The van der Waals surface area contributed by atoms with Crippen LogP contribution in [0.3, 0.4) is 0 Å². The highest BCUT2D eigenvalue weighted by molar-refractivity contribution is 5.55. The van der Waals surface area contributed by atoms with E-state index < -0.39 is 4.92 Å². The van der Waals surface area contributed by atoms with Crippen molar-refractivity contribution in [1.29, 1.82) is 0 Å². The highest BCUT2D eigenvalue weighted by Crippen LogP contribution is 2.21. The van der Waals surface area contributed by atoms with Crippen molar-refractivity contribution in [3.63, 3.8) is 0 Å². The Balaban J connectivity index is 2.08. The molecule has 0 bridgehead atoms. The van der Waals surface area contributed by atoms with Crippen LogP contribution in [0.2, 0.25) is 0 Å². The minimum atomic E-state index is -0.403. The Morgan fingerprint density at radius 3 is 2.83 bits per heavy atom. The van der Waals surface area contributed by atoms with E-state index in [1.165, 1.54) is 6.07 Å². The van der Waals surface area contributed by atoms with Gasteiger partial charge in [-0.05, 0) is 18.6 Å². The second-order valence-electron chi connectivity index (χ2n) is 3.81. The number of nitrogens with zero attached hydrogens (tertiary/aromatic N) is 3. The normalized spacial score (nSPS) is 10.1. The molecule has 0 atom stereocenters. The standard InChI is InChI=1S/C12H12N4O2/c1-9-6-11(16(17)18)2-3-12(9)15-8-10-7-13-4-5-14-10/h2-7,15H,8H2,1H3. The van der Waals surface area contributed by atoms with E-state index in [1.54, 1.807) is 30.7 Å². The third-order valence-corrected chi connectivity index (χ3v) is 2.50. The van der Waals surface area contributed by atoms with Gasteiger partial charge in [-0.15, -0.1) is 0 Å². The molecule has 0 fully saturated rings. The first-order valence-electron chi connectivity index (χ1n) is 5.40. The summed E-state index contributed by atoms with van der Waals surface area (Å²) in [6.07, 6.45) is 4.91. The lowest BCUT2D eigenvalue weighted by atomic mass is 10.2. The first-order chi connectivity index (χ1) is 8.66. The molecule has 0 radical (unpaired) electrons. The highest BCUT2D eigenvalue weighted by Gasteiger charge is 2.07. The summed E-state index contributed by atoms with van der Waals surface area (Å²) in [7, 11) is 0. The minimum absolute atomic E-state index is 0.0950. The average molecular weight is 244 g/mol. The zero-order chi connectivity index (χ0) is 13.0. The molecule has 0 spiro atoms. The van der Waals surface area contributed by atoms with Crippen LogP contribution in [-0.4, -0.2) is 14.9 Å². The van der Waals surface area contributed by atoms with Crippen LogP contribution in [0.1, 0.15) is 11.3 Å². The Morgan fingerprint density at radius 2 is 2.22 bits per heavy atom. The molecule has 2 aromatic rings. The van der Waals surface area contributed by atoms with Gasteiger partial charge >= 0.3 is 0 Å². The molecule has 6 nitrogen and oxygen atoms in total. The van der Waals surface area contributed by atoms with Crippen molar-refractivity contribution in [1.82, 2.24) is 9.97 Å². The number of rotatable bonds is 4. The Hall–Kier alpha value is -2.50. The number of hydrogen-bond acceptors (Lipinski definition) is 5. The molecule has 1 heterocycles. The molecule has 1 aromatic heterocycles. The van der Waals surface area contributed by atoms with Crippen LogP contribution >= 0.6 is 0 Å². The van der Waals surface area contributed by atoms with Gasteiger partial charge in [0.25, 0.3) is 5.69 Å². The molecule has 0 aliphatic carbocycles. The van der Waals surface area contributed by atoms with Crippen LogP contribution in [0.5, 0.6) is 0 Å². The molecule has 18 heavy (non-hydrogen) atoms. The predicted molar refractivity (Wildman–Crippen MR) is 67.2 cm³/mol. The quantitative estimate of drug-likeness (QED) is 0.659. The second-order valence-corrected chi connectivity index (χ2v) is 3.81. The number of nitro benzene ring substituents is 1. The smallest absolute Gasteiger partial charge is 0.269 e. The van der Waals surface area contributed by atoms with Gasteiger partial charge in [0.1, 0.15) is 0 Å². The molecule has 6 heteroatoms. The lowest BCUT2D eigenvalue weighted by molar-refractivity contribution is -0.384. The number of aryl methyl sites for hydroxylation is 1. The maximum absolute atomic E-state index is 10.6. The van der Waals surface area contributed by atoms with E-state index in [0.29, 0.717) is 6.54 Å². The number of benzene rings is 1. The number of nitro groups is 1. The zero-order valence-corrected chi connectivity index (χ0v) is 9.83. The summed E-state index contributed by atoms with van der Waals surface area (Å²) in [5, 5.41) is 13.8. The lowest BCUT2D eigenvalue weighted by Gasteiger charge is -2.08. The maximum Gasteiger partial charge on any atom is 0.269 e. The summed E-state index contributed by atoms with van der Waals surface area (Å²) in [6, 6.07) is 4.72. The summed E-state index contributed by atoms with van der Waals surface area (Å²) < 4.78 is 0. The van der Waals surface area contributed by atoms with Gasteiger partial charge in [0.15, 0.2) is 0 Å². The topological polar surface area (TPSA) is 81.0 Å². The third kappa shape index (κ3) is 2.79. The molecule has 92 valence electrons. The Bertz CT molecular complexity index is 557. The first kappa shape index (κ1) is 12.0. The lowest BCUT2D eigenvalue weighted by Crippen LogP contribution is -2.03. The molecular weight excluding hydrogens is 232 g/mol. The van der Waals surface area contributed by atoms with Gasteiger partial charge in [-0.3, -0.25) is 20.1 Å². The van der Waals surface area contributed by atoms with Crippen molar-refractivity contribution < 1.29 is 4.92 Å². The Labute approximate surface area is 104 Å². The SMILES string of the molecule is Cc1cc([N+](=O)[O-])ccc1NCc1cnccn1. The van der Waals surface area contributed by atoms with Crippen molar-refractivity contribution in [2.24, 2.45) is 0 Å². The van der Waals surface area contributed by atoms with Gasteiger partial charge in [0.2, 0.25) is 0 Å². The monoisotopic (exact) mass is 244 g/mol. The Kier molecular flexibility index (Phi) is 3.47. The molecule has 0 saturated carbocycles. The molecule has 0 amide bonds. The van der Waals surface area contributed by atoms with Gasteiger partial charge in [-0.1, -0.05) is 0 Å². The fourth-order valence-electron chi connectivity index (χ4n) is 1.57. The summed E-state index contributed by atoms with van der Waals surface area (Å²) in [6.45, 7) is 2.36. The third-order valence-electron chi connectivity index (χ3n) is 2.50. The van der Waals surface area contributed by atoms with Crippen LogP contribution in [0.15, 0.2) is 36.8 Å². The molecule has 1 N–H and O–H groups in total. The van der Waals surface area contributed by atoms with Gasteiger partial charge in [0.05, 0.1) is 23.4 Å². The number of nitrogens with one attached hydrogen (secondary N) is 1. The average Bonchev–Trinajstić information content (AvgIpc) is 2.38. The first-order valence-corrected chi connectivity index (χ1v) is 5.40. The van der Waals surface area contributed by atoms with Gasteiger partial charge in [-0.25, -0.2) is 0 Å². The van der Waals surface area contributed by atoms with Crippen molar-refractivity contribution in [3.8, 4) is 0 Å². The van der Waals surface area contributed by atoms with Crippen LogP contribution in [-0.2, 0) is 6.54 Å². The molecule has 2 rings (SSSR count). The van der Waals surface area contributed by atoms with Crippen LogP contribution in [0.25, 0.3) is 0 Å². The van der Waals surface area contributed by atoms with E-state index in [-0.39, 0.29) is 5.69 Å². The van der Waals surface area contributed by atoms with E-state index in [9.17, 15) is 10.1 Å². The number of hydrogen-bond donors (Lipinski definition) is 1. The Morgan fingerprint density at radius 1 is 1.39 bits per heavy atom. The summed E-state index contributed by atoms with van der Waals surface area (Å²) in [4.78, 5) is 18.3. The highest BCUT2D eigenvalue weighted by atomic mass is 16.6. The van der Waals surface area contributed by atoms with Gasteiger partial charge in [-0.2, -0.15) is 0 Å². The molecule has 0 aliphatic rings. The van der Waals surface area contributed by atoms with E-state index >= 15 is 0 Å². The molecule has 0 aliphatic heterocycles. The van der Waals surface area contributed by atoms with Gasteiger partial charge in [0, 0.05) is 30.2 Å². The van der Waals surface area contributed by atoms with E-state index in [1.807, 2.05) is 6.92 Å². The fourth-order valence-corrected chi connectivity index (χ4v) is 1.57. The maximum atomic E-state index is 10.6. The van der Waals surface area contributed by atoms with E-state index in [2.05, 4.69) is 15.3 Å². The van der Waals surface area contributed by atoms with Crippen LogP contribution in [0, 0.1) is 17.0 Å². The molecule has 0 unspecified atom stereocenters. The largest absolute Gasteiger partial charge is 0.379 e. The zero-order valence-electron chi connectivity index (χ0n) is 9.83. The van der Waals surface area contributed by atoms with Crippen molar-refractivity contribution in [2.75, 3.05) is 5.32 Å². The van der Waals surface area contributed by atoms with Crippen LogP contribution < -0.4 is 5.32 Å². The number of anilines is 1. The summed E-state index contributed by atoms with van der Waals surface area (Å²) >= 11 is 0. The van der Waals surface area contributed by atoms with Crippen molar-refractivity contribution in [3.05, 3.63) is 58.2 Å². The van der Waals surface area contributed by atoms with Crippen molar-refractivity contribution in [2.45, 2.75) is 13.5 Å². The summed E-state index contributed by atoms with van der Waals surface area (Å²) in [5.41, 5.74) is 2.59. The van der Waals surface area contributed by atoms with Crippen LogP contribution in [0.4, 0.5) is 11.4 Å². The molecule has 0 saturated heterocycles. The molecular formula is C12H12N4O2. The molecule has 1 aromatic carbocycles. The predicted octanol–water partition coefficient (Wildman–Crippen LogP) is 2.31. The second kappa shape index (κ2) is 5.22. The number of non-ortho nitro benzene ring substituents is 1.